The molecule has 1 saturated heterocycles. The molecule has 9 heteroatoms. The van der Waals surface area contributed by atoms with E-state index < -0.39 is 21.7 Å². The summed E-state index contributed by atoms with van der Waals surface area (Å²) in [5, 5.41) is 0. The summed E-state index contributed by atoms with van der Waals surface area (Å²) in [7, 11) is -4.10. The van der Waals surface area contributed by atoms with E-state index in [9.17, 15) is 17.2 Å². The summed E-state index contributed by atoms with van der Waals surface area (Å²) in [6.45, 7) is 3.95. The summed E-state index contributed by atoms with van der Waals surface area (Å²) in [5.74, 6) is -0.996. The van der Waals surface area contributed by atoms with Crippen LogP contribution < -0.4 is 9.47 Å². The van der Waals surface area contributed by atoms with Gasteiger partial charge >= 0.3 is 0 Å². The van der Waals surface area contributed by atoms with E-state index in [0.29, 0.717) is 42.9 Å². The standard InChI is InChI=1S/C27H27F2NO5S/c1-18-4-2-3-5-23(18)20-12-21-15-30(36(31,32)22-6-7-24(28)25(29)14-22)9-11-34-27(21)26(13-20)35-17-19-8-10-33-16-19/h2-7,12-14,19H,8-11,15-17H2,1H3/t19-/m0/s1. The van der Waals surface area contributed by atoms with Gasteiger partial charge < -0.3 is 14.2 Å². The monoisotopic (exact) mass is 515 g/mol. The van der Waals surface area contributed by atoms with Gasteiger partial charge in [-0.1, -0.05) is 24.3 Å². The Morgan fingerprint density at radius 1 is 1.06 bits per heavy atom. The molecule has 1 fully saturated rings. The molecule has 6 nitrogen and oxygen atoms in total. The van der Waals surface area contributed by atoms with Crippen LogP contribution in [-0.2, 0) is 21.3 Å². The number of nitrogens with zero attached hydrogens (tertiary/aromatic N) is 1. The fourth-order valence-electron chi connectivity index (χ4n) is 4.53. The van der Waals surface area contributed by atoms with E-state index in [1.807, 2.05) is 43.3 Å². The summed E-state index contributed by atoms with van der Waals surface area (Å²) in [4.78, 5) is -0.308. The minimum atomic E-state index is -4.10. The van der Waals surface area contributed by atoms with Gasteiger partial charge in [-0.3, -0.25) is 0 Å². The third-order valence-corrected chi connectivity index (χ3v) is 8.39. The average Bonchev–Trinajstić information content (AvgIpc) is 3.28. The lowest BCUT2D eigenvalue weighted by Crippen LogP contribution is -2.32. The molecule has 0 N–H and O–H groups in total. The van der Waals surface area contributed by atoms with Crippen LogP contribution in [0.15, 0.2) is 59.5 Å². The van der Waals surface area contributed by atoms with Crippen molar-refractivity contribution < 1.29 is 31.4 Å². The van der Waals surface area contributed by atoms with Gasteiger partial charge in [-0.2, -0.15) is 4.31 Å². The summed E-state index contributed by atoms with van der Waals surface area (Å²) in [6, 6.07) is 14.3. The molecule has 0 spiro atoms. The fraction of sp³-hybridized carbons (Fsp3) is 0.333. The van der Waals surface area contributed by atoms with Gasteiger partial charge in [0, 0.05) is 31.2 Å². The molecule has 0 radical (unpaired) electrons. The topological polar surface area (TPSA) is 65.1 Å². The molecule has 0 aliphatic carbocycles. The predicted molar refractivity (Wildman–Crippen MR) is 130 cm³/mol. The molecule has 3 aromatic carbocycles. The number of sulfonamides is 1. The van der Waals surface area contributed by atoms with Crippen LogP contribution in [0.25, 0.3) is 11.1 Å². The van der Waals surface area contributed by atoms with Gasteiger partial charge in [-0.05, 0) is 60.4 Å². The molecule has 0 bridgehead atoms. The Bertz CT molecular complexity index is 1370. The number of benzene rings is 3. The first-order valence-corrected chi connectivity index (χ1v) is 13.3. The quantitative estimate of drug-likeness (QED) is 0.466. The lowest BCUT2D eigenvalue weighted by molar-refractivity contribution is 0.165. The van der Waals surface area contributed by atoms with E-state index in [4.69, 9.17) is 14.2 Å². The maximum absolute atomic E-state index is 13.8. The van der Waals surface area contributed by atoms with Gasteiger partial charge in [0.05, 0.1) is 18.1 Å². The van der Waals surface area contributed by atoms with E-state index in [2.05, 4.69) is 0 Å². The van der Waals surface area contributed by atoms with Crippen molar-refractivity contribution in [3.8, 4) is 22.6 Å². The molecule has 190 valence electrons. The normalized spacial score (nSPS) is 18.4. The predicted octanol–water partition coefficient (Wildman–Crippen LogP) is 4.94. The molecule has 3 aromatic rings. The number of fused-ring (bicyclic) bond motifs is 1. The number of aryl methyl sites for hydroxylation is 1. The Labute approximate surface area is 209 Å². The highest BCUT2D eigenvalue weighted by Crippen LogP contribution is 2.40. The summed E-state index contributed by atoms with van der Waals surface area (Å²) in [5.41, 5.74) is 3.57. The van der Waals surface area contributed by atoms with Crippen LogP contribution in [0.3, 0.4) is 0 Å². The average molecular weight is 516 g/mol. The Morgan fingerprint density at radius 2 is 1.89 bits per heavy atom. The Hall–Kier alpha value is -3.01. The second-order valence-corrected chi connectivity index (χ2v) is 11.0. The first-order valence-electron chi connectivity index (χ1n) is 11.8. The van der Waals surface area contributed by atoms with Crippen LogP contribution in [0.2, 0.25) is 0 Å². The lowest BCUT2D eigenvalue weighted by Gasteiger charge is -2.21. The molecule has 2 aliphatic heterocycles. The molecule has 0 unspecified atom stereocenters. The van der Waals surface area contributed by atoms with Gasteiger partial charge in [0.25, 0.3) is 0 Å². The zero-order valence-corrected chi connectivity index (χ0v) is 20.7. The molecule has 36 heavy (non-hydrogen) atoms. The minimum Gasteiger partial charge on any atom is -0.489 e. The van der Waals surface area contributed by atoms with Crippen LogP contribution in [0.1, 0.15) is 17.5 Å². The lowest BCUT2D eigenvalue weighted by atomic mass is 9.98. The minimum absolute atomic E-state index is 0.000711. The second-order valence-electron chi connectivity index (χ2n) is 9.08. The van der Waals surface area contributed by atoms with Crippen LogP contribution in [0, 0.1) is 24.5 Å². The van der Waals surface area contributed by atoms with Gasteiger partial charge in [0.1, 0.15) is 6.61 Å². The highest BCUT2D eigenvalue weighted by molar-refractivity contribution is 7.89. The Balaban J connectivity index is 1.53. The van der Waals surface area contributed by atoms with E-state index >= 15 is 0 Å². The van der Waals surface area contributed by atoms with Crippen molar-refractivity contribution in [1.82, 2.24) is 4.31 Å². The SMILES string of the molecule is Cc1ccccc1-c1cc2c(c(OC[C@H]3CCOC3)c1)OCCN(S(=O)(=O)c1ccc(F)c(F)c1)C2. The van der Waals surface area contributed by atoms with Gasteiger partial charge in [0.15, 0.2) is 23.1 Å². The van der Waals surface area contributed by atoms with Crippen molar-refractivity contribution in [2.45, 2.75) is 24.8 Å². The highest BCUT2D eigenvalue weighted by Gasteiger charge is 2.30. The number of hydrogen-bond acceptors (Lipinski definition) is 5. The maximum Gasteiger partial charge on any atom is 0.243 e. The first kappa shape index (κ1) is 24.7. The number of ether oxygens (including phenoxy) is 3. The molecule has 0 amide bonds. The fourth-order valence-corrected chi connectivity index (χ4v) is 5.95. The van der Waals surface area contributed by atoms with Crippen molar-refractivity contribution >= 4 is 10.0 Å². The van der Waals surface area contributed by atoms with Crippen molar-refractivity contribution in [3.05, 3.63) is 77.4 Å². The summed E-state index contributed by atoms with van der Waals surface area (Å²) in [6.07, 6.45) is 0.917. The highest BCUT2D eigenvalue weighted by atomic mass is 32.2. The second kappa shape index (κ2) is 10.2. The van der Waals surface area contributed by atoms with E-state index in [1.165, 1.54) is 4.31 Å². The van der Waals surface area contributed by atoms with Crippen LogP contribution in [-0.4, -0.2) is 45.7 Å². The van der Waals surface area contributed by atoms with Gasteiger partial charge in [-0.25, -0.2) is 17.2 Å². The first-order chi connectivity index (χ1) is 17.3. The molecule has 1 atom stereocenters. The van der Waals surface area contributed by atoms with E-state index in [1.54, 1.807) is 0 Å². The molecular formula is C27H27F2NO5S. The molecule has 5 rings (SSSR count). The van der Waals surface area contributed by atoms with Crippen LogP contribution in [0.5, 0.6) is 11.5 Å². The zero-order chi connectivity index (χ0) is 25.3. The van der Waals surface area contributed by atoms with Crippen molar-refractivity contribution in [1.29, 1.82) is 0 Å². The number of hydrogen-bond donors (Lipinski definition) is 0. The molecule has 0 saturated carbocycles. The third kappa shape index (κ3) is 4.96. The maximum atomic E-state index is 13.8. The summed E-state index contributed by atoms with van der Waals surface area (Å²) < 4.78 is 72.9. The number of rotatable bonds is 6. The van der Waals surface area contributed by atoms with E-state index in [0.717, 1.165) is 35.2 Å². The van der Waals surface area contributed by atoms with Crippen LogP contribution >= 0.6 is 0 Å². The Morgan fingerprint density at radius 3 is 2.64 bits per heavy atom. The third-order valence-electron chi connectivity index (χ3n) is 6.55. The van der Waals surface area contributed by atoms with E-state index in [-0.39, 0.29) is 30.5 Å². The molecule has 2 aliphatic rings. The molecule has 0 aromatic heterocycles. The largest absolute Gasteiger partial charge is 0.489 e. The molecular weight excluding hydrogens is 488 g/mol. The molecule has 2 heterocycles. The smallest absolute Gasteiger partial charge is 0.243 e. The van der Waals surface area contributed by atoms with Gasteiger partial charge in [-0.15, -0.1) is 0 Å². The van der Waals surface area contributed by atoms with Gasteiger partial charge in [0.2, 0.25) is 10.0 Å². The van der Waals surface area contributed by atoms with Crippen molar-refractivity contribution in [2.75, 3.05) is 33.0 Å². The zero-order valence-electron chi connectivity index (χ0n) is 19.9. The van der Waals surface area contributed by atoms with Crippen molar-refractivity contribution in [3.63, 3.8) is 0 Å². The van der Waals surface area contributed by atoms with Crippen molar-refractivity contribution in [2.24, 2.45) is 5.92 Å². The number of halogens is 2. The summed E-state index contributed by atoms with van der Waals surface area (Å²) >= 11 is 0. The van der Waals surface area contributed by atoms with Crippen LogP contribution in [0.4, 0.5) is 8.78 Å². The Kier molecular flexibility index (Phi) is 6.96.